The number of morpholine rings is 1. The summed E-state index contributed by atoms with van der Waals surface area (Å²) in [6.07, 6.45) is 0.928. The number of nitrogens with one attached hydrogen (secondary N) is 1. The highest BCUT2D eigenvalue weighted by molar-refractivity contribution is 5.94. The van der Waals surface area contributed by atoms with Crippen LogP contribution in [0.1, 0.15) is 30.5 Å². The normalized spacial score (nSPS) is 17.6. The molecule has 4 rings (SSSR count). The van der Waals surface area contributed by atoms with Crippen LogP contribution >= 0.6 is 0 Å². The molecule has 8 nitrogen and oxygen atoms in total. The molecule has 0 aliphatic carbocycles. The Morgan fingerprint density at radius 2 is 1.74 bits per heavy atom. The molecule has 8 heteroatoms. The maximum Gasteiger partial charge on any atom is 0.243 e. The number of nitrogens with zero attached hydrogens (tertiary/aromatic N) is 3. The molecule has 2 aliphatic heterocycles. The largest absolute Gasteiger partial charge is 0.378 e. The van der Waals surface area contributed by atoms with Crippen molar-refractivity contribution >= 4 is 29.1 Å². The van der Waals surface area contributed by atoms with Gasteiger partial charge < -0.3 is 24.8 Å². The van der Waals surface area contributed by atoms with Crippen LogP contribution < -0.4 is 10.2 Å². The van der Waals surface area contributed by atoms with Gasteiger partial charge in [0.05, 0.1) is 32.2 Å². The van der Waals surface area contributed by atoms with E-state index >= 15 is 0 Å². The highest BCUT2D eigenvalue weighted by Crippen LogP contribution is 2.32. The average Bonchev–Trinajstić information content (AvgIpc) is 2.85. The molecule has 1 atom stereocenters. The molecule has 2 aromatic carbocycles. The van der Waals surface area contributed by atoms with Gasteiger partial charge in [-0.25, -0.2) is 0 Å². The van der Waals surface area contributed by atoms with E-state index in [4.69, 9.17) is 4.74 Å². The third kappa shape index (κ3) is 5.56. The SMILES string of the molecule is CC(=O)N1CCc2ccccc2C1CC(=O)N(C)CC(=O)Nc1ccc(N2CCOCC2)cc1. The lowest BCUT2D eigenvalue weighted by Gasteiger charge is -2.37. The first-order valence-corrected chi connectivity index (χ1v) is 11.7. The zero-order valence-electron chi connectivity index (χ0n) is 19.8. The van der Waals surface area contributed by atoms with Gasteiger partial charge in [-0.05, 0) is 41.8 Å². The van der Waals surface area contributed by atoms with E-state index in [0.717, 1.165) is 44.0 Å². The minimum absolute atomic E-state index is 0.0479. The molecule has 180 valence electrons. The first kappa shape index (κ1) is 23.8. The third-order valence-corrected chi connectivity index (χ3v) is 6.52. The minimum atomic E-state index is -0.312. The van der Waals surface area contributed by atoms with Gasteiger partial charge in [0.1, 0.15) is 0 Å². The molecule has 0 aromatic heterocycles. The van der Waals surface area contributed by atoms with E-state index < -0.39 is 0 Å². The van der Waals surface area contributed by atoms with Gasteiger partial charge in [0.15, 0.2) is 0 Å². The molecule has 1 saturated heterocycles. The minimum Gasteiger partial charge on any atom is -0.378 e. The van der Waals surface area contributed by atoms with E-state index in [1.165, 1.54) is 17.4 Å². The van der Waals surface area contributed by atoms with Crippen LogP contribution in [0, 0.1) is 0 Å². The number of amides is 3. The Bertz CT molecular complexity index is 1030. The summed E-state index contributed by atoms with van der Waals surface area (Å²) >= 11 is 0. The van der Waals surface area contributed by atoms with E-state index in [1.807, 2.05) is 48.5 Å². The number of rotatable bonds is 6. The number of likely N-dealkylation sites (N-methyl/N-ethyl adjacent to an activating group) is 1. The molecule has 2 aromatic rings. The van der Waals surface area contributed by atoms with E-state index in [2.05, 4.69) is 10.2 Å². The number of benzene rings is 2. The number of hydrogen-bond donors (Lipinski definition) is 1. The molecule has 3 amide bonds. The Balaban J connectivity index is 1.34. The first-order valence-electron chi connectivity index (χ1n) is 11.7. The van der Waals surface area contributed by atoms with Crippen LogP contribution in [0.4, 0.5) is 11.4 Å². The van der Waals surface area contributed by atoms with Crippen LogP contribution in [-0.4, -0.2) is 74.0 Å². The van der Waals surface area contributed by atoms with E-state index in [1.54, 1.807) is 11.9 Å². The lowest BCUT2D eigenvalue weighted by Crippen LogP contribution is -2.42. The fraction of sp³-hybridized carbons (Fsp3) is 0.423. The van der Waals surface area contributed by atoms with Crippen molar-refractivity contribution in [3.8, 4) is 0 Å². The average molecular weight is 465 g/mol. The lowest BCUT2D eigenvalue weighted by atomic mass is 9.90. The van der Waals surface area contributed by atoms with Gasteiger partial charge in [-0.3, -0.25) is 14.4 Å². The summed E-state index contributed by atoms with van der Waals surface area (Å²) in [5.74, 6) is -0.485. The van der Waals surface area contributed by atoms with Crippen LogP contribution in [0.2, 0.25) is 0 Å². The number of ether oxygens (including phenoxy) is 1. The summed E-state index contributed by atoms with van der Waals surface area (Å²) in [6.45, 7) is 5.21. The smallest absolute Gasteiger partial charge is 0.243 e. The highest BCUT2D eigenvalue weighted by atomic mass is 16.5. The van der Waals surface area contributed by atoms with E-state index in [9.17, 15) is 14.4 Å². The van der Waals surface area contributed by atoms with Crippen LogP contribution in [0.5, 0.6) is 0 Å². The molecule has 0 radical (unpaired) electrons. The topological polar surface area (TPSA) is 82.2 Å². The maximum absolute atomic E-state index is 13.0. The second-order valence-corrected chi connectivity index (χ2v) is 8.83. The van der Waals surface area contributed by atoms with Crippen molar-refractivity contribution in [1.82, 2.24) is 9.80 Å². The second-order valence-electron chi connectivity index (χ2n) is 8.83. The van der Waals surface area contributed by atoms with Crippen LogP contribution in [0.3, 0.4) is 0 Å². The summed E-state index contributed by atoms with van der Waals surface area (Å²) in [5.41, 5.74) is 3.96. The number of carbonyl (C=O) groups excluding carboxylic acids is 3. The lowest BCUT2D eigenvalue weighted by molar-refractivity contribution is -0.137. The van der Waals surface area contributed by atoms with Crippen molar-refractivity contribution in [1.29, 1.82) is 0 Å². The molecule has 34 heavy (non-hydrogen) atoms. The fourth-order valence-electron chi connectivity index (χ4n) is 4.65. The molecule has 1 N–H and O–H groups in total. The molecule has 2 aliphatic rings. The molecule has 0 bridgehead atoms. The van der Waals surface area contributed by atoms with E-state index in [0.29, 0.717) is 12.2 Å². The van der Waals surface area contributed by atoms with Crippen LogP contribution in [-0.2, 0) is 25.5 Å². The standard InChI is InChI=1S/C26H32N4O4/c1-19(31)30-12-11-20-5-3-4-6-23(20)24(30)17-26(33)28(2)18-25(32)27-21-7-9-22(10-8-21)29-13-15-34-16-14-29/h3-10,24H,11-18H2,1-2H3,(H,27,32). The summed E-state index contributed by atoms with van der Waals surface area (Å²) in [7, 11) is 1.62. The zero-order chi connectivity index (χ0) is 24.1. The maximum atomic E-state index is 13.0. The predicted molar refractivity (Wildman–Crippen MR) is 131 cm³/mol. The van der Waals surface area contributed by atoms with Crippen molar-refractivity contribution in [3.05, 3.63) is 59.7 Å². The number of fused-ring (bicyclic) bond motifs is 1. The van der Waals surface area contributed by atoms with Crippen molar-refractivity contribution in [2.45, 2.75) is 25.8 Å². The molecule has 1 fully saturated rings. The van der Waals surface area contributed by atoms with Gasteiger partial charge in [-0.15, -0.1) is 0 Å². The van der Waals surface area contributed by atoms with Gasteiger partial charge >= 0.3 is 0 Å². The molecule has 0 saturated carbocycles. The van der Waals surface area contributed by atoms with E-state index in [-0.39, 0.29) is 36.7 Å². The summed E-state index contributed by atoms with van der Waals surface area (Å²) in [4.78, 5) is 43.2. The second kappa shape index (κ2) is 10.7. The van der Waals surface area contributed by atoms with Gasteiger partial charge in [0.2, 0.25) is 17.7 Å². The molecule has 2 heterocycles. The number of anilines is 2. The number of hydrogen-bond acceptors (Lipinski definition) is 5. The van der Waals surface area contributed by atoms with Gasteiger partial charge in [-0.2, -0.15) is 0 Å². The van der Waals surface area contributed by atoms with Gasteiger partial charge in [0, 0.05) is 45.0 Å². The van der Waals surface area contributed by atoms with Gasteiger partial charge in [0.25, 0.3) is 0 Å². The Labute approximate surface area is 200 Å². The first-order chi connectivity index (χ1) is 16.4. The molecule has 1 unspecified atom stereocenters. The number of carbonyl (C=O) groups is 3. The van der Waals surface area contributed by atoms with Crippen molar-refractivity contribution in [2.75, 3.05) is 56.7 Å². The monoisotopic (exact) mass is 464 g/mol. The Kier molecular flexibility index (Phi) is 7.47. The Morgan fingerprint density at radius 3 is 2.44 bits per heavy atom. The predicted octanol–water partition coefficient (Wildman–Crippen LogP) is 2.46. The molecule has 0 spiro atoms. The summed E-state index contributed by atoms with van der Waals surface area (Å²) in [5, 5.41) is 2.86. The van der Waals surface area contributed by atoms with Crippen molar-refractivity contribution in [3.63, 3.8) is 0 Å². The Morgan fingerprint density at radius 1 is 1.03 bits per heavy atom. The van der Waals surface area contributed by atoms with Crippen LogP contribution in [0.25, 0.3) is 0 Å². The fourth-order valence-corrected chi connectivity index (χ4v) is 4.65. The van der Waals surface area contributed by atoms with Crippen molar-refractivity contribution < 1.29 is 19.1 Å². The van der Waals surface area contributed by atoms with Gasteiger partial charge in [-0.1, -0.05) is 24.3 Å². The summed E-state index contributed by atoms with van der Waals surface area (Å²) < 4.78 is 5.39. The highest BCUT2D eigenvalue weighted by Gasteiger charge is 2.31. The molecular formula is C26H32N4O4. The van der Waals surface area contributed by atoms with Crippen LogP contribution in [0.15, 0.2) is 48.5 Å². The summed E-state index contributed by atoms with van der Waals surface area (Å²) in [6, 6.07) is 15.3. The van der Waals surface area contributed by atoms with Crippen molar-refractivity contribution in [2.24, 2.45) is 0 Å². The third-order valence-electron chi connectivity index (χ3n) is 6.52. The molecular weight excluding hydrogens is 432 g/mol. The zero-order valence-corrected chi connectivity index (χ0v) is 19.8. The Hall–Kier alpha value is -3.39. The quantitative estimate of drug-likeness (QED) is 0.710.